The molecule has 7 nitrogen and oxygen atoms in total. The standard InChI is InChI=1S/C14H15F3N4O3/c1-6-7(2)19-11(14(15,16)17)20-9(6)21-3-8-10(22)18-4-13(8,5-21)12(23)24/h8H,3-5H2,1-2H3,(H,18,22)(H,23,24)/t8-,13+/m0/s1. The second kappa shape index (κ2) is 5.05. The van der Waals surface area contributed by atoms with Crippen molar-refractivity contribution in [3.05, 3.63) is 17.1 Å². The fourth-order valence-corrected chi connectivity index (χ4v) is 3.29. The summed E-state index contributed by atoms with van der Waals surface area (Å²) in [4.78, 5) is 32.1. The highest BCUT2D eigenvalue weighted by Gasteiger charge is 2.60. The van der Waals surface area contributed by atoms with Crippen LogP contribution in [0.1, 0.15) is 17.1 Å². The molecule has 3 rings (SSSR count). The molecule has 0 unspecified atom stereocenters. The van der Waals surface area contributed by atoms with Gasteiger partial charge in [0.05, 0.1) is 5.92 Å². The first-order valence-electron chi connectivity index (χ1n) is 7.25. The van der Waals surface area contributed by atoms with E-state index in [1.165, 1.54) is 11.8 Å². The summed E-state index contributed by atoms with van der Waals surface area (Å²) in [5.74, 6) is -3.62. The van der Waals surface area contributed by atoms with E-state index in [0.29, 0.717) is 5.56 Å². The van der Waals surface area contributed by atoms with Crippen LogP contribution in [0.5, 0.6) is 0 Å². The Morgan fingerprint density at radius 1 is 1.38 bits per heavy atom. The molecule has 0 saturated carbocycles. The predicted molar refractivity (Wildman–Crippen MR) is 75.3 cm³/mol. The maximum Gasteiger partial charge on any atom is 0.451 e. The summed E-state index contributed by atoms with van der Waals surface area (Å²) in [5.41, 5.74) is -0.747. The molecule has 2 saturated heterocycles. The van der Waals surface area contributed by atoms with E-state index >= 15 is 0 Å². The highest BCUT2D eigenvalue weighted by molar-refractivity contribution is 5.93. The lowest BCUT2D eigenvalue weighted by molar-refractivity contribution is -0.149. The Morgan fingerprint density at radius 2 is 2.04 bits per heavy atom. The van der Waals surface area contributed by atoms with Gasteiger partial charge in [0.1, 0.15) is 11.2 Å². The number of amides is 1. The number of carbonyl (C=O) groups is 2. The van der Waals surface area contributed by atoms with Crippen LogP contribution < -0.4 is 10.2 Å². The van der Waals surface area contributed by atoms with Gasteiger partial charge >= 0.3 is 12.1 Å². The minimum Gasteiger partial charge on any atom is -0.481 e. The van der Waals surface area contributed by atoms with Crippen LogP contribution >= 0.6 is 0 Å². The zero-order valence-electron chi connectivity index (χ0n) is 12.9. The van der Waals surface area contributed by atoms with Crippen LogP contribution in [0.25, 0.3) is 0 Å². The van der Waals surface area contributed by atoms with Gasteiger partial charge in [0.2, 0.25) is 11.7 Å². The minimum atomic E-state index is -4.70. The highest BCUT2D eigenvalue weighted by atomic mass is 19.4. The first-order chi connectivity index (χ1) is 11.1. The molecule has 2 fully saturated rings. The number of alkyl halides is 3. The summed E-state index contributed by atoms with van der Waals surface area (Å²) in [5, 5.41) is 12.1. The van der Waals surface area contributed by atoms with Gasteiger partial charge in [0.15, 0.2) is 0 Å². The normalized spacial score (nSPS) is 26.5. The molecule has 2 atom stereocenters. The van der Waals surface area contributed by atoms with Crippen LogP contribution in [0, 0.1) is 25.2 Å². The first kappa shape index (κ1) is 16.5. The molecule has 1 aromatic heterocycles. The summed E-state index contributed by atoms with van der Waals surface area (Å²) in [6, 6.07) is 0. The average molecular weight is 344 g/mol. The summed E-state index contributed by atoms with van der Waals surface area (Å²) < 4.78 is 38.9. The number of hydrogen-bond donors (Lipinski definition) is 2. The molecule has 2 N–H and O–H groups in total. The monoisotopic (exact) mass is 344 g/mol. The lowest BCUT2D eigenvalue weighted by Crippen LogP contribution is -2.40. The van der Waals surface area contributed by atoms with Crippen molar-refractivity contribution in [2.75, 3.05) is 24.5 Å². The minimum absolute atomic E-state index is 0.00667. The summed E-state index contributed by atoms with van der Waals surface area (Å²) >= 11 is 0. The highest BCUT2D eigenvalue weighted by Crippen LogP contribution is 2.42. The van der Waals surface area contributed by atoms with Crippen LogP contribution in [-0.2, 0) is 15.8 Å². The zero-order valence-corrected chi connectivity index (χ0v) is 12.9. The fraction of sp³-hybridized carbons (Fsp3) is 0.571. The number of fused-ring (bicyclic) bond motifs is 1. The Balaban J connectivity index is 2.04. The molecule has 24 heavy (non-hydrogen) atoms. The van der Waals surface area contributed by atoms with Crippen molar-refractivity contribution in [1.82, 2.24) is 15.3 Å². The van der Waals surface area contributed by atoms with E-state index < -0.39 is 35.2 Å². The Morgan fingerprint density at radius 3 is 2.58 bits per heavy atom. The molecule has 2 aliphatic rings. The molecule has 0 spiro atoms. The van der Waals surface area contributed by atoms with Gasteiger partial charge in [0, 0.05) is 30.9 Å². The first-order valence-corrected chi connectivity index (χ1v) is 7.25. The Hall–Kier alpha value is -2.39. The number of hydrogen-bond acceptors (Lipinski definition) is 5. The van der Waals surface area contributed by atoms with Gasteiger partial charge in [-0.1, -0.05) is 0 Å². The van der Waals surface area contributed by atoms with Gasteiger partial charge in [-0.3, -0.25) is 9.59 Å². The number of nitrogens with zero attached hydrogens (tertiary/aromatic N) is 3. The van der Waals surface area contributed by atoms with Crippen LogP contribution in [0.15, 0.2) is 0 Å². The Kier molecular flexibility index (Phi) is 3.47. The Bertz CT molecular complexity index is 737. The number of rotatable bonds is 2. The van der Waals surface area contributed by atoms with Crippen molar-refractivity contribution >= 4 is 17.7 Å². The van der Waals surface area contributed by atoms with Crippen molar-refractivity contribution in [2.24, 2.45) is 11.3 Å². The van der Waals surface area contributed by atoms with Crippen LogP contribution in [0.3, 0.4) is 0 Å². The van der Waals surface area contributed by atoms with E-state index in [2.05, 4.69) is 15.3 Å². The zero-order chi connectivity index (χ0) is 17.9. The number of nitrogens with one attached hydrogen (secondary N) is 1. The molecule has 130 valence electrons. The molecule has 0 aliphatic carbocycles. The van der Waals surface area contributed by atoms with E-state index in [-0.39, 0.29) is 31.1 Å². The molecule has 2 aliphatic heterocycles. The molecule has 0 aromatic carbocycles. The third-order valence-corrected chi connectivity index (χ3v) is 4.78. The third kappa shape index (κ3) is 2.28. The van der Waals surface area contributed by atoms with Gasteiger partial charge in [-0.05, 0) is 13.8 Å². The van der Waals surface area contributed by atoms with Crippen molar-refractivity contribution in [3.8, 4) is 0 Å². The Labute approximate surface area is 134 Å². The third-order valence-electron chi connectivity index (χ3n) is 4.78. The predicted octanol–water partition coefficient (Wildman–Crippen LogP) is 0.749. The quantitative estimate of drug-likeness (QED) is 0.822. The van der Waals surface area contributed by atoms with Gasteiger partial charge in [0.25, 0.3) is 0 Å². The van der Waals surface area contributed by atoms with Gasteiger partial charge in [-0.15, -0.1) is 0 Å². The molecule has 0 radical (unpaired) electrons. The topological polar surface area (TPSA) is 95.4 Å². The molecule has 1 amide bonds. The van der Waals surface area contributed by atoms with Gasteiger partial charge in [-0.25, -0.2) is 9.97 Å². The SMILES string of the molecule is Cc1nc(C(F)(F)F)nc(N2C[C@H]3C(=O)NC[C@@]3(C(=O)O)C2)c1C. The van der Waals surface area contributed by atoms with Crippen molar-refractivity contribution in [1.29, 1.82) is 0 Å². The lowest BCUT2D eigenvalue weighted by atomic mass is 9.81. The van der Waals surface area contributed by atoms with Crippen molar-refractivity contribution < 1.29 is 27.9 Å². The number of anilines is 1. The summed E-state index contributed by atoms with van der Waals surface area (Å²) in [7, 11) is 0. The van der Waals surface area contributed by atoms with Crippen molar-refractivity contribution in [2.45, 2.75) is 20.0 Å². The van der Waals surface area contributed by atoms with Gasteiger partial charge in [-0.2, -0.15) is 13.2 Å². The fourth-order valence-electron chi connectivity index (χ4n) is 3.29. The average Bonchev–Trinajstić information content (AvgIpc) is 3.00. The molecular formula is C14H15F3N4O3. The molecule has 10 heteroatoms. The molecule has 3 heterocycles. The van der Waals surface area contributed by atoms with Crippen molar-refractivity contribution in [3.63, 3.8) is 0 Å². The number of aliphatic carboxylic acids is 1. The number of halogens is 3. The summed E-state index contributed by atoms with van der Waals surface area (Å²) in [6.45, 7) is 2.89. The molecular weight excluding hydrogens is 329 g/mol. The second-order valence-corrected chi connectivity index (χ2v) is 6.19. The van der Waals surface area contributed by atoms with E-state index in [9.17, 15) is 27.9 Å². The maximum absolute atomic E-state index is 13.0. The lowest BCUT2D eigenvalue weighted by Gasteiger charge is -2.24. The molecule has 1 aromatic rings. The second-order valence-electron chi connectivity index (χ2n) is 6.19. The van der Waals surface area contributed by atoms with Crippen LogP contribution in [-0.4, -0.2) is 46.6 Å². The van der Waals surface area contributed by atoms with E-state index in [0.717, 1.165) is 0 Å². The smallest absolute Gasteiger partial charge is 0.451 e. The number of carbonyl (C=O) groups excluding carboxylic acids is 1. The van der Waals surface area contributed by atoms with Gasteiger partial charge < -0.3 is 15.3 Å². The maximum atomic E-state index is 13.0. The van der Waals surface area contributed by atoms with Crippen LogP contribution in [0.4, 0.5) is 19.0 Å². The van der Waals surface area contributed by atoms with E-state index in [1.807, 2.05) is 0 Å². The molecule has 0 bridgehead atoms. The summed E-state index contributed by atoms with van der Waals surface area (Å²) in [6.07, 6.45) is -4.70. The van der Waals surface area contributed by atoms with Crippen LogP contribution in [0.2, 0.25) is 0 Å². The number of aryl methyl sites for hydroxylation is 1. The number of carboxylic acids is 1. The number of aromatic nitrogens is 2. The van der Waals surface area contributed by atoms with E-state index in [4.69, 9.17) is 0 Å². The number of carboxylic acid groups (broad SMARTS) is 1. The van der Waals surface area contributed by atoms with E-state index in [1.54, 1.807) is 6.92 Å². The largest absolute Gasteiger partial charge is 0.481 e.